The lowest BCUT2D eigenvalue weighted by Crippen LogP contribution is -1.99. The van der Waals surface area contributed by atoms with Crippen molar-refractivity contribution in [1.29, 1.82) is 5.26 Å². The first kappa shape index (κ1) is 13.4. The highest BCUT2D eigenvalue weighted by atomic mass is 35.5. The molecule has 0 radical (unpaired) electrons. The molecule has 100 valence electrons. The topological polar surface area (TPSA) is 36.1 Å². The van der Waals surface area contributed by atoms with Crippen molar-refractivity contribution >= 4 is 34.2 Å². The number of fused-ring (bicyclic) bond motifs is 1. The van der Waals surface area contributed by atoms with Gasteiger partial charge in [0.1, 0.15) is 11.1 Å². The van der Waals surface area contributed by atoms with E-state index in [1.54, 1.807) is 17.6 Å². The van der Waals surface area contributed by atoms with Gasteiger partial charge in [-0.3, -0.25) is 0 Å². The molecule has 4 heteroatoms. The molecule has 1 aliphatic rings. The molecule has 1 aliphatic carbocycles. The van der Waals surface area contributed by atoms with Crippen molar-refractivity contribution in [2.75, 3.05) is 0 Å². The van der Waals surface area contributed by atoms with Crippen LogP contribution in [-0.4, -0.2) is 6.21 Å². The fourth-order valence-electron chi connectivity index (χ4n) is 2.47. The van der Waals surface area contributed by atoms with Crippen molar-refractivity contribution < 1.29 is 0 Å². The van der Waals surface area contributed by atoms with Crippen LogP contribution in [0.4, 0.5) is 5.00 Å². The highest BCUT2D eigenvalue weighted by Crippen LogP contribution is 2.39. The van der Waals surface area contributed by atoms with E-state index in [9.17, 15) is 5.26 Å². The van der Waals surface area contributed by atoms with Crippen LogP contribution in [0.5, 0.6) is 0 Å². The van der Waals surface area contributed by atoms with E-state index in [2.05, 4.69) is 11.1 Å². The summed E-state index contributed by atoms with van der Waals surface area (Å²) in [5.41, 5.74) is 2.85. The minimum Gasteiger partial charge on any atom is -0.244 e. The van der Waals surface area contributed by atoms with E-state index in [4.69, 9.17) is 11.6 Å². The van der Waals surface area contributed by atoms with Gasteiger partial charge in [0, 0.05) is 21.7 Å². The molecule has 1 heterocycles. The van der Waals surface area contributed by atoms with Crippen molar-refractivity contribution in [2.45, 2.75) is 25.7 Å². The van der Waals surface area contributed by atoms with Gasteiger partial charge in [-0.15, -0.1) is 11.3 Å². The summed E-state index contributed by atoms with van der Waals surface area (Å²) in [4.78, 5) is 5.83. The average Bonchev–Trinajstić information content (AvgIpc) is 2.84. The van der Waals surface area contributed by atoms with Crippen LogP contribution in [0.3, 0.4) is 0 Å². The van der Waals surface area contributed by atoms with Gasteiger partial charge in [0.2, 0.25) is 0 Å². The average molecular weight is 301 g/mol. The van der Waals surface area contributed by atoms with Crippen LogP contribution in [-0.2, 0) is 12.8 Å². The Bertz CT molecular complexity index is 710. The van der Waals surface area contributed by atoms with Gasteiger partial charge < -0.3 is 0 Å². The van der Waals surface area contributed by atoms with Crippen molar-refractivity contribution in [3.63, 3.8) is 0 Å². The third kappa shape index (κ3) is 2.49. The number of nitriles is 1. The minimum atomic E-state index is 0.677. The molecule has 0 fully saturated rings. The van der Waals surface area contributed by atoms with Crippen LogP contribution in [0.25, 0.3) is 0 Å². The molecular formula is C16H13ClN2S. The molecule has 0 saturated heterocycles. The van der Waals surface area contributed by atoms with Crippen LogP contribution in [0.1, 0.15) is 34.4 Å². The number of benzene rings is 1. The van der Waals surface area contributed by atoms with E-state index in [1.165, 1.54) is 23.3 Å². The zero-order chi connectivity index (χ0) is 13.9. The maximum atomic E-state index is 9.37. The Kier molecular flexibility index (Phi) is 3.86. The number of aryl methyl sites for hydroxylation is 1. The van der Waals surface area contributed by atoms with Crippen LogP contribution in [0.2, 0.25) is 5.02 Å². The highest BCUT2D eigenvalue weighted by Gasteiger charge is 2.20. The third-order valence-electron chi connectivity index (χ3n) is 3.49. The van der Waals surface area contributed by atoms with Gasteiger partial charge in [-0.1, -0.05) is 29.8 Å². The Morgan fingerprint density at radius 3 is 2.85 bits per heavy atom. The van der Waals surface area contributed by atoms with E-state index in [0.717, 1.165) is 29.0 Å². The number of aliphatic imine (C=N–C) groups is 1. The number of nitrogens with zero attached hydrogens (tertiary/aromatic N) is 2. The number of hydrogen-bond donors (Lipinski definition) is 0. The molecule has 2 nitrogen and oxygen atoms in total. The van der Waals surface area contributed by atoms with Gasteiger partial charge in [-0.25, -0.2) is 4.99 Å². The summed E-state index contributed by atoms with van der Waals surface area (Å²) in [5, 5.41) is 10.9. The van der Waals surface area contributed by atoms with Gasteiger partial charge in [0.05, 0.1) is 5.56 Å². The van der Waals surface area contributed by atoms with E-state index < -0.39 is 0 Å². The molecule has 3 rings (SSSR count). The maximum Gasteiger partial charge on any atom is 0.134 e. The molecule has 0 amide bonds. The second-order valence-corrected chi connectivity index (χ2v) is 6.27. The Labute approximate surface area is 127 Å². The Balaban J connectivity index is 1.97. The summed E-state index contributed by atoms with van der Waals surface area (Å²) in [6.45, 7) is 0. The quantitative estimate of drug-likeness (QED) is 0.726. The molecule has 1 aromatic carbocycles. The first-order valence-corrected chi connectivity index (χ1v) is 7.82. The molecule has 0 aliphatic heterocycles. The fraction of sp³-hybridized carbons (Fsp3) is 0.250. The van der Waals surface area contributed by atoms with Gasteiger partial charge in [-0.2, -0.15) is 5.26 Å². The predicted molar refractivity (Wildman–Crippen MR) is 84.4 cm³/mol. The summed E-state index contributed by atoms with van der Waals surface area (Å²) in [5.74, 6) is 0. The maximum absolute atomic E-state index is 9.37. The number of rotatable bonds is 2. The normalized spacial score (nSPS) is 14.2. The van der Waals surface area contributed by atoms with Crippen molar-refractivity contribution in [2.24, 2.45) is 4.99 Å². The monoisotopic (exact) mass is 300 g/mol. The van der Waals surface area contributed by atoms with E-state index in [0.29, 0.717) is 5.02 Å². The molecular weight excluding hydrogens is 288 g/mol. The Morgan fingerprint density at radius 1 is 1.25 bits per heavy atom. The summed E-state index contributed by atoms with van der Waals surface area (Å²) in [7, 11) is 0. The lowest BCUT2D eigenvalue weighted by molar-refractivity contribution is 0.696. The van der Waals surface area contributed by atoms with E-state index in [1.807, 2.05) is 24.3 Å². The van der Waals surface area contributed by atoms with Crippen molar-refractivity contribution in [3.05, 3.63) is 50.9 Å². The number of halogens is 1. The second kappa shape index (κ2) is 5.78. The number of hydrogen-bond acceptors (Lipinski definition) is 3. The van der Waals surface area contributed by atoms with E-state index in [-0.39, 0.29) is 0 Å². The zero-order valence-electron chi connectivity index (χ0n) is 10.9. The summed E-state index contributed by atoms with van der Waals surface area (Å²) in [6, 6.07) is 9.90. The van der Waals surface area contributed by atoms with Crippen LogP contribution in [0, 0.1) is 11.3 Å². The Morgan fingerprint density at radius 2 is 2.05 bits per heavy atom. The molecule has 0 bridgehead atoms. The summed E-state index contributed by atoms with van der Waals surface area (Å²) < 4.78 is 0. The first-order valence-electron chi connectivity index (χ1n) is 6.63. The minimum absolute atomic E-state index is 0.677. The van der Waals surface area contributed by atoms with Crippen molar-refractivity contribution in [1.82, 2.24) is 0 Å². The van der Waals surface area contributed by atoms with Gasteiger partial charge in [0.25, 0.3) is 0 Å². The lowest BCUT2D eigenvalue weighted by Gasteiger charge is -2.09. The molecule has 20 heavy (non-hydrogen) atoms. The molecule has 2 aromatic rings. The molecule has 0 atom stereocenters. The second-order valence-electron chi connectivity index (χ2n) is 4.78. The van der Waals surface area contributed by atoms with E-state index >= 15 is 0 Å². The highest BCUT2D eigenvalue weighted by molar-refractivity contribution is 7.16. The van der Waals surface area contributed by atoms with Gasteiger partial charge in [0.15, 0.2) is 0 Å². The molecule has 0 saturated carbocycles. The smallest absolute Gasteiger partial charge is 0.134 e. The molecule has 0 spiro atoms. The summed E-state index contributed by atoms with van der Waals surface area (Å²) in [6.07, 6.45) is 6.23. The standard InChI is InChI=1S/C16H13ClN2S/c17-14-7-3-1-5-11(14)10-19-16-13(9-18)12-6-2-4-8-15(12)20-16/h1,3,5,7,10H,2,4,6,8H2. The Hall–Kier alpha value is -1.63. The van der Waals surface area contributed by atoms with Crippen LogP contribution < -0.4 is 0 Å². The van der Waals surface area contributed by atoms with Crippen molar-refractivity contribution in [3.8, 4) is 6.07 Å². The zero-order valence-corrected chi connectivity index (χ0v) is 12.5. The SMILES string of the molecule is N#Cc1c(N=Cc2ccccc2Cl)sc2c1CCCC2. The number of thiophene rings is 1. The third-order valence-corrected chi connectivity index (χ3v) is 5.03. The van der Waals surface area contributed by atoms with Gasteiger partial charge >= 0.3 is 0 Å². The van der Waals surface area contributed by atoms with Crippen LogP contribution >= 0.6 is 22.9 Å². The van der Waals surface area contributed by atoms with Crippen LogP contribution in [0.15, 0.2) is 29.3 Å². The van der Waals surface area contributed by atoms with Gasteiger partial charge in [-0.05, 0) is 37.3 Å². The predicted octanol–water partition coefficient (Wildman–Crippen LogP) is 4.90. The molecule has 1 aromatic heterocycles. The largest absolute Gasteiger partial charge is 0.244 e. The molecule has 0 N–H and O–H groups in total. The first-order chi connectivity index (χ1) is 9.79. The molecule has 0 unspecified atom stereocenters. The lowest BCUT2D eigenvalue weighted by atomic mass is 9.96. The summed E-state index contributed by atoms with van der Waals surface area (Å²) >= 11 is 7.76. The fourth-order valence-corrected chi connectivity index (χ4v) is 3.83.